The summed E-state index contributed by atoms with van der Waals surface area (Å²) in [5.74, 6) is 0. The average Bonchev–Trinajstić information content (AvgIpc) is 2.07. The first-order valence-corrected chi connectivity index (χ1v) is 4.81. The van der Waals surface area contributed by atoms with E-state index in [0.29, 0.717) is 12.2 Å². The summed E-state index contributed by atoms with van der Waals surface area (Å²) in [5, 5.41) is 0. The monoisotopic (exact) mass is 174 g/mol. The van der Waals surface area contributed by atoms with Crippen molar-refractivity contribution in [1.29, 1.82) is 0 Å². The van der Waals surface area contributed by atoms with Crippen LogP contribution in [-0.4, -0.2) is 25.9 Å². The van der Waals surface area contributed by atoms with E-state index < -0.39 is 0 Å². The molecule has 0 radical (unpaired) electrons. The molecular weight excluding hydrogens is 152 g/mol. The Balaban J connectivity index is 0.000000217. The normalized spacial score (nSPS) is 23.2. The summed E-state index contributed by atoms with van der Waals surface area (Å²) in [4.78, 5) is 0. The Labute approximate surface area is 76.3 Å². The summed E-state index contributed by atoms with van der Waals surface area (Å²) in [6, 6.07) is 0. The van der Waals surface area contributed by atoms with Crippen LogP contribution in [0.3, 0.4) is 0 Å². The van der Waals surface area contributed by atoms with Crippen LogP contribution in [0, 0.1) is 0 Å². The van der Waals surface area contributed by atoms with Gasteiger partial charge in [0.1, 0.15) is 0 Å². The number of rotatable bonds is 1. The van der Waals surface area contributed by atoms with E-state index >= 15 is 0 Å². The molecule has 0 aromatic carbocycles. The Hall–Kier alpha value is -0.0800. The highest BCUT2D eigenvalue weighted by atomic mass is 16.5. The zero-order chi connectivity index (χ0) is 9.40. The minimum atomic E-state index is 0.384. The first kappa shape index (κ1) is 11.9. The molecule has 1 rings (SSSR count). The van der Waals surface area contributed by atoms with Crippen LogP contribution in [0.1, 0.15) is 40.0 Å². The van der Waals surface area contributed by atoms with Gasteiger partial charge < -0.3 is 9.47 Å². The van der Waals surface area contributed by atoms with E-state index in [1.54, 1.807) is 7.11 Å². The molecule has 1 saturated heterocycles. The van der Waals surface area contributed by atoms with Gasteiger partial charge in [0.05, 0.1) is 12.2 Å². The fourth-order valence-corrected chi connectivity index (χ4v) is 0.902. The molecule has 0 aromatic rings. The number of ether oxygens (including phenoxy) is 2. The third kappa shape index (κ3) is 8.02. The lowest BCUT2D eigenvalue weighted by Crippen LogP contribution is -2.14. The number of hydrogen-bond donors (Lipinski definition) is 0. The molecular formula is C10H22O2. The van der Waals surface area contributed by atoms with Gasteiger partial charge >= 0.3 is 0 Å². The Morgan fingerprint density at radius 2 is 1.92 bits per heavy atom. The van der Waals surface area contributed by atoms with Gasteiger partial charge in [-0.2, -0.15) is 0 Å². The lowest BCUT2D eigenvalue weighted by Gasteiger charge is -2.17. The molecule has 2 nitrogen and oxygen atoms in total. The van der Waals surface area contributed by atoms with E-state index in [4.69, 9.17) is 9.47 Å². The highest BCUT2D eigenvalue weighted by Gasteiger charge is 2.05. The van der Waals surface area contributed by atoms with Crippen LogP contribution in [0.4, 0.5) is 0 Å². The predicted molar refractivity (Wildman–Crippen MR) is 51.4 cm³/mol. The van der Waals surface area contributed by atoms with Gasteiger partial charge in [0, 0.05) is 13.7 Å². The van der Waals surface area contributed by atoms with Crippen LogP contribution in [0.25, 0.3) is 0 Å². The van der Waals surface area contributed by atoms with Crippen molar-refractivity contribution in [2.24, 2.45) is 0 Å². The van der Waals surface area contributed by atoms with E-state index in [1.807, 2.05) is 13.8 Å². The summed E-state index contributed by atoms with van der Waals surface area (Å²) >= 11 is 0. The molecule has 0 spiro atoms. The first-order chi connectivity index (χ1) is 5.66. The Morgan fingerprint density at radius 1 is 1.33 bits per heavy atom. The van der Waals surface area contributed by atoms with E-state index in [-0.39, 0.29) is 0 Å². The molecule has 1 heterocycles. The third-order valence-electron chi connectivity index (χ3n) is 1.88. The van der Waals surface area contributed by atoms with Crippen molar-refractivity contribution in [2.75, 3.05) is 13.7 Å². The molecule has 0 aromatic heterocycles. The number of hydrogen-bond acceptors (Lipinski definition) is 2. The Kier molecular flexibility index (Phi) is 7.51. The maximum Gasteiger partial charge on any atom is 0.0547 e. The molecule has 0 N–H and O–H groups in total. The quantitative estimate of drug-likeness (QED) is 0.608. The first-order valence-electron chi connectivity index (χ1n) is 4.81. The van der Waals surface area contributed by atoms with Crippen LogP contribution in [0.15, 0.2) is 0 Å². The minimum Gasteiger partial charge on any atom is -0.382 e. The summed E-state index contributed by atoms with van der Waals surface area (Å²) in [5.41, 5.74) is 0. The Morgan fingerprint density at radius 3 is 2.08 bits per heavy atom. The van der Waals surface area contributed by atoms with Crippen molar-refractivity contribution in [3.05, 3.63) is 0 Å². The van der Waals surface area contributed by atoms with E-state index in [0.717, 1.165) is 6.61 Å². The smallest absolute Gasteiger partial charge is 0.0547 e. The molecule has 12 heavy (non-hydrogen) atoms. The minimum absolute atomic E-state index is 0.384. The van der Waals surface area contributed by atoms with Crippen LogP contribution in [0.2, 0.25) is 0 Å². The lowest BCUT2D eigenvalue weighted by molar-refractivity contribution is 0.0285. The SMILES string of the molecule is CC1CCCCO1.COC(C)C. The fourth-order valence-electron chi connectivity index (χ4n) is 0.902. The molecule has 0 saturated carbocycles. The molecule has 1 aliphatic heterocycles. The highest BCUT2D eigenvalue weighted by molar-refractivity contribution is 4.55. The van der Waals surface area contributed by atoms with Crippen molar-refractivity contribution in [2.45, 2.75) is 52.2 Å². The zero-order valence-electron chi connectivity index (χ0n) is 8.80. The predicted octanol–water partition coefficient (Wildman–Crippen LogP) is 2.62. The molecule has 0 bridgehead atoms. The van der Waals surface area contributed by atoms with Gasteiger partial charge in [-0.3, -0.25) is 0 Å². The van der Waals surface area contributed by atoms with Gasteiger partial charge in [0.2, 0.25) is 0 Å². The summed E-state index contributed by atoms with van der Waals surface area (Å²) < 4.78 is 10.0. The average molecular weight is 174 g/mol. The van der Waals surface area contributed by atoms with Gasteiger partial charge in [-0.05, 0) is 40.0 Å². The highest BCUT2D eigenvalue weighted by Crippen LogP contribution is 2.10. The fraction of sp³-hybridized carbons (Fsp3) is 1.00. The summed E-state index contributed by atoms with van der Waals surface area (Å²) in [6.07, 6.45) is 4.81. The molecule has 0 amide bonds. The Bertz CT molecular complexity index is 85.8. The standard InChI is InChI=1S/C6H12O.C4H10O/c1-6-4-2-3-5-7-6;1-4(2)5-3/h6H,2-5H2,1H3;4H,1-3H3. The molecule has 1 aliphatic rings. The maximum atomic E-state index is 5.28. The largest absolute Gasteiger partial charge is 0.382 e. The van der Waals surface area contributed by atoms with Crippen molar-refractivity contribution in [3.63, 3.8) is 0 Å². The van der Waals surface area contributed by atoms with Gasteiger partial charge in [-0.15, -0.1) is 0 Å². The van der Waals surface area contributed by atoms with Crippen molar-refractivity contribution in [3.8, 4) is 0 Å². The van der Waals surface area contributed by atoms with E-state index in [2.05, 4.69) is 6.92 Å². The van der Waals surface area contributed by atoms with Gasteiger partial charge in [0.15, 0.2) is 0 Å². The van der Waals surface area contributed by atoms with Gasteiger partial charge in [0.25, 0.3) is 0 Å². The lowest BCUT2D eigenvalue weighted by atomic mass is 10.1. The second kappa shape index (κ2) is 7.56. The summed E-state index contributed by atoms with van der Waals surface area (Å²) in [7, 11) is 1.70. The van der Waals surface area contributed by atoms with E-state index in [1.165, 1.54) is 19.3 Å². The topological polar surface area (TPSA) is 18.5 Å². The van der Waals surface area contributed by atoms with Crippen molar-refractivity contribution >= 4 is 0 Å². The molecule has 1 fully saturated rings. The third-order valence-corrected chi connectivity index (χ3v) is 1.88. The van der Waals surface area contributed by atoms with Gasteiger partial charge in [-0.1, -0.05) is 0 Å². The molecule has 1 unspecified atom stereocenters. The molecule has 74 valence electrons. The van der Waals surface area contributed by atoms with Crippen molar-refractivity contribution in [1.82, 2.24) is 0 Å². The zero-order valence-corrected chi connectivity index (χ0v) is 8.80. The van der Waals surface area contributed by atoms with Crippen LogP contribution in [-0.2, 0) is 9.47 Å². The molecule has 1 atom stereocenters. The summed E-state index contributed by atoms with van der Waals surface area (Å²) in [6.45, 7) is 7.13. The molecule has 0 aliphatic carbocycles. The maximum absolute atomic E-state index is 5.28. The second-order valence-corrected chi connectivity index (χ2v) is 3.46. The number of methoxy groups -OCH3 is 1. The second-order valence-electron chi connectivity index (χ2n) is 3.46. The van der Waals surface area contributed by atoms with Crippen LogP contribution in [0.5, 0.6) is 0 Å². The molecule has 2 heteroatoms. The van der Waals surface area contributed by atoms with Crippen LogP contribution >= 0.6 is 0 Å². The van der Waals surface area contributed by atoms with Gasteiger partial charge in [-0.25, -0.2) is 0 Å². The van der Waals surface area contributed by atoms with Crippen molar-refractivity contribution < 1.29 is 9.47 Å². The van der Waals surface area contributed by atoms with E-state index in [9.17, 15) is 0 Å². The van der Waals surface area contributed by atoms with Crippen LogP contribution < -0.4 is 0 Å².